The van der Waals surface area contributed by atoms with Gasteiger partial charge in [-0.25, -0.2) is 0 Å². The minimum Gasteiger partial charge on any atom is -0.356 e. The van der Waals surface area contributed by atoms with Crippen LogP contribution in [0.1, 0.15) is 87.0 Å². The van der Waals surface area contributed by atoms with Crippen LogP contribution in [0.5, 0.6) is 0 Å². The molecule has 3 amide bonds. The van der Waals surface area contributed by atoms with E-state index >= 15 is 0 Å². The average Bonchev–Trinajstić information content (AvgIpc) is 2.70. The number of ketones is 1. The van der Waals surface area contributed by atoms with Crippen molar-refractivity contribution in [1.82, 2.24) is 16.0 Å². The number of hydrogen-bond acceptors (Lipinski definition) is 4. The van der Waals surface area contributed by atoms with Crippen molar-refractivity contribution in [1.29, 1.82) is 0 Å². The van der Waals surface area contributed by atoms with Gasteiger partial charge in [-0.2, -0.15) is 0 Å². The molecule has 0 spiro atoms. The number of carbonyl (C=O) groups is 4. The van der Waals surface area contributed by atoms with E-state index in [-0.39, 0.29) is 42.3 Å². The Morgan fingerprint density at radius 3 is 1.43 bits per heavy atom. The molecule has 0 fully saturated rings. The van der Waals surface area contributed by atoms with Gasteiger partial charge in [0, 0.05) is 51.2 Å². The molecule has 0 radical (unpaired) electrons. The lowest BCUT2D eigenvalue weighted by Crippen LogP contribution is -2.29. The quantitative estimate of drug-likeness (QED) is 0.413. The van der Waals surface area contributed by atoms with Crippen molar-refractivity contribution in [3.63, 3.8) is 0 Å². The number of hydrogen-bond donors (Lipinski definition) is 3. The molecule has 0 rings (SSSR count). The molecule has 0 aromatic rings. The number of Topliss-reactive ketones (excluding diaryl/α,β-unsaturated/α-hetero) is 1. The Morgan fingerprint density at radius 1 is 0.643 bits per heavy atom. The highest BCUT2D eigenvalue weighted by Gasteiger charge is 2.10. The molecule has 0 aromatic carbocycles. The van der Waals surface area contributed by atoms with Gasteiger partial charge in [0.15, 0.2) is 0 Å². The van der Waals surface area contributed by atoms with Gasteiger partial charge in [-0.05, 0) is 19.8 Å². The summed E-state index contributed by atoms with van der Waals surface area (Å²) in [5, 5.41) is 8.15. The zero-order valence-corrected chi connectivity index (χ0v) is 19.1. The minimum absolute atomic E-state index is 0.00888. The van der Waals surface area contributed by atoms with Crippen LogP contribution in [0.3, 0.4) is 0 Å². The van der Waals surface area contributed by atoms with E-state index in [0.29, 0.717) is 45.3 Å². The van der Waals surface area contributed by atoms with Gasteiger partial charge in [-0.3, -0.25) is 19.2 Å². The van der Waals surface area contributed by atoms with Crippen LogP contribution >= 0.6 is 0 Å². The molecule has 7 nitrogen and oxygen atoms in total. The van der Waals surface area contributed by atoms with Gasteiger partial charge >= 0.3 is 0 Å². The third-order valence-corrected chi connectivity index (χ3v) is 3.42. The number of rotatable bonds is 13. The Bertz CT molecular complexity index is 424. The van der Waals surface area contributed by atoms with Crippen LogP contribution in [-0.2, 0) is 19.2 Å². The standard InChI is InChI=1S/C17H31N3O4.2C2H6/c1-4-18-15(22)7-5-11-19-16(23)8-6-12-20-17(24)10-9-14(21)13(2)3;2*1-2/h13H,4-12H2,1-3H3,(H,18,22)(H,19,23)(H,20,24);2*1-2H3. The first-order valence-electron chi connectivity index (χ1n) is 10.7. The van der Waals surface area contributed by atoms with Gasteiger partial charge in [0.1, 0.15) is 5.78 Å². The lowest BCUT2D eigenvalue weighted by molar-refractivity contribution is -0.126. The molecule has 0 unspecified atom stereocenters. The number of amides is 3. The topological polar surface area (TPSA) is 104 Å². The summed E-state index contributed by atoms with van der Waals surface area (Å²) < 4.78 is 0. The van der Waals surface area contributed by atoms with Crippen molar-refractivity contribution in [3.05, 3.63) is 0 Å². The van der Waals surface area contributed by atoms with Gasteiger partial charge in [0.05, 0.1) is 0 Å². The summed E-state index contributed by atoms with van der Waals surface area (Å²) in [5.74, 6) is -0.224. The summed E-state index contributed by atoms with van der Waals surface area (Å²) in [5.41, 5.74) is 0. The lowest BCUT2D eigenvalue weighted by Gasteiger charge is -2.07. The Kier molecular flexibility index (Phi) is 25.4. The molecule has 0 heterocycles. The molecule has 0 aliphatic rings. The second kappa shape index (κ2) is 23.1. The predicted molar refractivity (Wildman–Crippen MR) is 115 cm³/mol. The maximum absolute atomic E-state index is 11.6. The van der Waals surface area contributed by atoms with Crippen molar-refractivity contribution < 1.29 is 19.2 Å². The zero-order chi connectivity index (χ0) is 22.4. The normalized spacial score (nSPS) is 9.29. The maximum Gasteiger partial charge on any atom is 0.220 e. The molecule has 0 aromatic heterocycles. The van der Waals surface area contributed by atoms with Crippen LogP contribution < -0.4 is 16.0 Å². The monoisotopic (exact) mass is 401 g/mol. The third-order valence-electron chi connectivity index (χ3n) is 3.42. The van der Waals surface area contributed by atoms with Gasteiger partial charge in [-0.1, -0.05) is 41.5 Å². The van der Waals surface area contributed by atoms with Crippen LogP contribution in [-0.4, -0.2) is 43.1 Å². The molecule has 0 atom stereocenters. The molecular formula is C21H43N3O4. The fourth-order valence-corrected chi connectivity index (χ4v) is 1.94. The molecule has 0 aliphatic carbocycles. The summed E-state index contributed by atoms with van der Waals surface area (Å²) >= 11 is 0. The second-order valence-corrected chi connectivity index (χ2v) is 5.98. The maximum atomic E-state index is 11.6. The van der Waals surface area contributed by atoms with Crippen molar-refractivity contribution in [2.24, 2.45) is 5.92 Å². The first kappa shape index (κ1) is 30.8. The molecule has 0 aliphatic heterocycles. The first-order chi connectivity index (χ1) is 13.4. The van der Waals surface area contributed by atoms with E-state index in [1.807, 2.05) is 48.5 Å². The van der Waals surface area contributed by atoms with Crippen molar-refractivity contribution in [3.8, 4) is 0 Å². The molecule has 0 bridgehead atoms. The Labute approximate surface area is 171 Å². The minimum atomic E-state index is -0.161. The van der Waals surface area contributed by atoms with Gasteiger partial charge in [0.25, 0.3) is 0 Å². The lowest BCUT2D eigenvalue weighted by atomic mass is 10.0. The first-order valence-corrected chi connectivity index (χ1v) is 10.7. The highest BCUT2D eigenvalue weighted by Crippen LogP contribution is 2.01. The summed E-state index contributed by atoms with van der Waals surface area (Å²) in [7, 11) is 0. The van der Waals surface area contributed by atoms with E-state index in [4.69, 9.17) is 0 Å². The Hall–Kier alpha value is -1.92. The van der Waals surface area contributed by atoms with Crippen LogP contribution in [0, 0.1) is 5.92 Å². The molecule has 0 saturated carbocycles. The molecular weight excluding hydrogens is 358 g/mol. The highest BCUT2D eigenvalue weighted by molar-refractivity contribution is 5.86. The fraction of sp³-hybridized carbons (Fsp3) is 0.810. The van der Waals surface area contributed by atoms with Crippen LogP contribution in [0.25, 0.3) is 0 Å². The van der Waals surface area contributed by atoms with E-state index in [2.05, 4.69) is 16.0 Å². The number of carbonyl (C=O) groups excluding carboxylic acids is 4. The summed E-state index contributed by atoms with van der Waals surface area (Å²) in [6.45, 7) is 15.0. The van der Waals surface area contributed by atoms with Crippen molar-refractivity contribution in [2.45, 2.75) is 87.0 Å². The zero-order valence-electron chi connectivity index (χ0n) is 19.1. The van der Waals surface area contributed by atoms with Gasteiger partial charge < -0.3 is 16.0 Å². The molecule has 166 valence electrons. The predicted octanol–water partition coefficient (Wildman–Crippen LogP) is 2.97. The average molecular weight is 402 g/mol. The second-order valence-electron chi connectivity index (χ2n) is 5.98. The van der Waals surface area contributed by atoms with Crippen LogP contribution in [0.15, 0.2) is 0 Å². The third kappa shape index (κ3) is 22.1. The van der Waals surface area contributed by atoms with E-state index in [0.717, 1.165) is 0 Å². The SMILES string of the molecule is CC.CC.CCNC(=O)CCCNC(=O)CCCNC(=O)CCC(=O)C(C)C. The molecule has 28 heavy (non-hydrogen) atoms. The van der Waals surface area contributed by atoms with E-state index < -0.39 is 0 Å². The largest absolute Gasteiger partial charge is 0.356 e. The molecule has 7 heteroatoms. The summed E-state index contributed by atoms with van der Waals surface area (Å²) in [6.07, 6.45) is 2.34. The fourth-order valence-electron chi connectivity index (χ4n) is 1.94. The van der Waals surface area contributed by atoms with E-state index in [9.17, 15) is 19.2 Å². The number of nitrogens with one attached hydrogen (secondary N) is 3. The molecule has 0 saturated heterocycles. The Morgan fingerprint density at radius 2 is 1.04 bits per heavy atom. The van der Waals surface area contributed by atoms with Crippen LogP contribution in [0.4, 0.5) is 0 Å². The van der Waals surface area contributed by atoms with E-state index in [1.54, 1.807) is 0 Å². The van der Waals surface area contributed by atoms with Gasteiger partial charge in [0.2, 0.25) is 17.7 Å². The van der Waals surface area contributed by atoms with Crippen molar-refractivity contribution >= 4 is 23.5 Å². The smallest absolute Gasteiger partial charge is 0.220 e. The highest BCUT2D eigenvalue weighted by atomic mass is 16.2. The van der Waals surface area contributed by atoms with Crippen LogP contribution in [0.2, 0.25) is 0 Å². The summed E-state index contributed by atoms with van der Waals surface area (Å²) in [6, 6.07) is 0. The summed E-state index contributed by atoms with van der Waals surface area (Å²) in [4.78, 5) is 45.7. The van der Waals surface area contributed by atoms with E-state index in [1.165, 1.54) is 0 Å². The van der Waals surface area contributed by atoms with Crippen molar-refractivity contribution in [2.75, 3.05) is 19.6 Å². The molecule has 3 N–H and O–H groups in total. The Balaban J connectivity index is -0.00000146. The van der Waals surface area contributed by atoms with Gasteiger partial charge in [-0.15, -0.1) is 0 Å².